The van der Waals surface area contributed by atoms with Crippen LogP contribution in [0.1, 0.15) is 35.7 Å². The number of carbonyl (C=O) groups excluding carboxylic acids is 1. The maximum absolute atomic E-state index is 12.0. The van der Waals surface area contributed by atoms with Crippen molar-refractivity contribution in [3.05, 3.63) is 65.7 Å². The van der Waals surface area contributed by atoms with E-state index in [2.05, 4.69) is 5.32 Å². The van der Waals surface area contributed by atoms with Gasteiger partial charge in [-0.1, -0.05) is 37.3 Å². The van der Waals surface area contributed by atoms with Gasteiger partial charge in [-0.3, -0.25) is 4.79 Å². The lowest BCUT2D eigenvalue weighted by Gasteiger charge is -2.09. The molecular weight excluding hydrogens is 290 g/mol. The molecule has 2 aromatic carbocycles. The summed E-state index contributed by atoms with van der Waals surface area (Å²) in [6.45, 7) is 2.87. The van der Waals surface area contributed by atoms with E-state index < -0.39 is 0 Å². The summed E-state index contributed by atoms with van der Waals surface area (Å²) in [5.74, 6) is 0.702. The molecule has 0 spiro atoms. The summed E-state index contributed by atoms with van der Waals surface area (Å²) in [6.07, 6.45) is 0.921. The Morgan fingerprint density at radius 3 is 2.48 bits per heavy atom. The molecule has 2 N–H and O–H groups in total. The largest absolute Gasteiger partial charge is 0.489 e. The second-order valence-corrected chi connectivity index (χ2v) is 5.41. The molecule has 122 valence electrons. The van der Waals surface area contributed by atoms with E-state index in [1.807, 2.05) is 49.4 Å². The molecule has 0 aliphatic rings. The Morgan fingerprint density at radius 1 is 1.13 bits per heavy atom. The van der Waals surface area contributed by atoms with Gasteiger partial charge in [0.2, 0.25) is 0 Å². The van der Waals surface area contributed by atoms with Crippen LogP contribution < -0.4 is 10.1 Å². The van der Waals surface area contributed by atoms with E-state index >= 15 is 0 Å². The average Bonchev–Trinajstić information content (AvgIpc) is 2.61. The Bertz CT molecular complexity index is 596. The Morgan fingerprint density at radius 2 is 1.83 bits per heavy atom. The van der Waals surface area contributed by atoms with Crippen LogP contribution in [-0.4, -0.2) is 23.7 Å². The van der Waals surface area contributed by atoms with Gasteiger partial charge in [-0.2, -0.15) is 0 Å². The predicted octanol–water partition coefficient (Wildman–Crippen LogP) is 3.16. The summed E-state index contributed by atoms with van der Waals surface area (Å²) in [5, 5.41) is 12.3. The van der Waals surface area contributed by atoms with Crippen LogP contribution in [0.5, 0.6) is 5.75 Å². The molecule has 2 aromatic rings. The minimum Gasteiger partial charge on any atom is -0.489 e. The van der Waals surface area contributed by atoms with Gasteiger partial charge in [0.05, 0.1) is 6.10 Å². The van der Waals surface area contributed by atoms with E-state index in [1.54, 1.807) is 12.1 Å². The number of aliphatic hydroxyl groups is 1. The molecule has 0 fully saturated rings. The minimum absolute atomic E-state index is 0.121. The zero-order valence-electron chi connectivity index (χ0n) is 13.4. The molecular formula is C19H23NO3. The van der Waals surface area contributed by atoms with E-state index in [1.165, 1.54) is 0 Å². The summed E-state index contributed by atoms with van der Waals surface area (Å²) in [4.78, 5) is 12.0. The van der Waals surface area contributed by atoms with Crippen molar-refractivity contribution < 1.29 is 14.6 Å². The van der Waals surface area contributed by atoms with Crippen molar-refractivity contribution in [3.8, 4) is 5.75 Å². The maximum Gasteiger partial charge on any atom is 0.251 e. The maximum atomic E-state index is 12.0. The molecule has 4 heteroatoms. The number of hydrogen-bond acceptors (Lipinski definition) is 3. The van der Waals surface area contributed by atoms with E-state index in [4.69, 9.17) is 4.74 Å². The topological polar surface area (TPSA) is 58.6 Å². The Hall–Kier alpha value is -2.33. The van der Waals surface area contributed by atoms with Crippen molar-refractivity contribution in [3.63, 3.8) is 0 Å². The second kappa shape index (κ2) is 8.96. The van der Waals surface area contributed by atoms with Crippen molar-refractivity contribution in [2.24, 2.45) is 0 Å². The van der Waals surface area contributed by atoms with Gasteiger partial charge in [-0.25, -0.2) is 0 Å². The molecule has 1 amide bonds. The van der Waals surface area contributed by atoms with Crippen LogP contribution in [0.4, 0.5) is 0 Å². The third kappa shape index (κ3) is 5.75. The molecule has 1 atom stereocenters. The van der Waals surface area contributed by atoms with E-state index in [0.717, 1.165) is 11.3 Å². The average molecular weight is 313 g/mol. The molecule has 0 aliphatic carbocycles. The van der Waals surface area contributed by atoms with Crippen molar-refractivity contribution in [2.45, 2.75) is 32.5 Å². The van der Waals surface area contributed by atoms with Gasteiger partial charge in [0.25, 0.3) is 5.91 Å². The molecule has 0 bridgehead atoms. The number of carbonyl (C=O) groups is 1. The highest BCUT2D eigenvalue weighted by Gasteiger charge is 2.06. The molecule has 1 unspecified atom stereocenters. The zero-order chi connectivity index (χ0) is 16.5. The molecule has 0 heterocycles. The third-order valence-corrected chi connectivity index (χ3v) is 3.60. The Kier molecular flexibility index (Phi) is 6.63. The molecule has 0 aromatic heterocycles. The summed E-state index contributed by atoms with van der Waals surface area (Å²) in [5.41, 5.74) is 1.62. The summed E-state index contributed by atoms with van der Waals surface area (Å²) in [6, 6.07) is 17.0. The summed E-state index contributed by atoms with van der Waals surface area (Å²) >= 11 is 0. The van der Waals surface area contributed by atoms with E-state index in [0.29, 0.717) is 31.6 Å². The summed E-state index contributed by atoms with van der Waals surface area (Å²) < 4.78 is 5.67. The van der Waals surface area contributed by atoms with Gasteiger partial charge in [-0.15, -0.1) is 0 Å². The first-order valence-corrected chi connectivity index (χ1v) is 7.92. The number of aliphatic hydroxyl groups excluding tert-OH is 1. The van der Waals surface area contributed by atoms with Crippen LogP contribution in [0.25, 0.3) is 0 Å². The number of benzene rings is 2. The standard InChI is InChI=1S/C19H23NO3/c1-2-17(21)12-13-20-19(22)16-10-8-15(9-11-16)14-23-18-6-4-3-5-7-18/h3-11,17,21H,2,12-14H2,1H3,(H,20,22). The number of ether oxygens (including phenoxy) is 1. The molecule has 4 nitrogen and oxygen atoms in total. The second-order valence-electron chi connectivity index (χ2n) is 5.41. The van der Waals surface area contributed by atoms with Gasteiger partial charge < -0.3 is 15.2 Å². The van der Waals surface area contributed by atoms with E-state index in [-0.39, 0.29) is 12.0 Å². The van der Waals surface area contributed by atoms with Crippen LogP contribution in [0.15, 0.2) is 54.6 Å². The monoisotopic (exact) mass is 313 g/mol. The highest BCUT2D eigenvalue weighted by molar-refractivity contribution is 5.94. The highest BCUT2D eigenvalue weighted by atomic mass is 16.5. The van der Waals surface area contributed by atoms with Crippen LogP contribution in [0, 0.1) is 0 Å². The lowest BCUT2D eigenvalue weighted by atomic mass is 10.1. The zero-order valence-corrected chi connectivity index (χ0v) is 13.4. The highest BCUT2D eigenvalue weighted by Crippen LogP contribution is 2.12. The van der Waals surface area contributed by atoms with Crippen molar-refractivity contribution in [1.82, 2.24) is 5.32 Å². The summed E-state index contributed by atoms with van der Waals surface area (Å²) in [7, 11) is 0. The Balaban J connectivity index is 1.80. The van der Waals surface area contributed by atoms with Crippen LogP contribution in [-0.2, 0) is 6.61 Å². The van der Waals surface area contributed by atoms with Crippen LogP contribution in [0.2, 0.25) is 0 Å². The Labute approximate surface area is 137 Å². The number of hydrogen-bond donors (Lipinski definition) is 2. The molecule has 0 radical (unpaired) electrons. The normalized spacial score (nSPS) is 11.7. The third-order valence-electron chi connectivity index (χ3n) is 3.60. The molecule has 23 heavy (non-hydrogen) atoms. The molecule has 0 saturated heterocycles. The molecule has 0 saturated carbocycles. The minimum atomic E-state index is -0.354. The fraction of sp³-hybridized carbons (Fsp3) is 0.316. The van der Waals surface area contributed by atoms with Crippen molar-refractivity contribution in [1.29, 1.82) is 0 Å². The van der Waals surface area contributed by atoms with Gasteiger partial charge in [-0.05, 0) is 42.7 Å². The number of nitrogens with one attached hydrogen (secondary N) is 1. The SMILES string of the molecule is CCC(O)CCNC(=O)c1ccc(COc2ccccc2)cc1. The first-order chi connectivity index (χ1) is 11.2. The number of para-hydroxylation sites is 1. The molecule has 0 aliphatic heterocycles. The van der Waals surface area contributed by atoms with Crippen LogP contribution >= 0.6 is 0 Å². The van der Waals surface area contributed by atoms with Crippen LogP contribution in [0.3, 0.4) is 0 Å². The fourth-order valence-electron chi connectivity index (χ4n) is 2.09. The van der Waals surface area contributed by atoms with Gasteiger partial charge in [0.15, 0.2) is 0 Å². The number of amides is 1. The fourth-order valence-corrected chi connectivity index (χ4v) is 2.09. The smallest absolute Gasteiger partial charge is 0.251 e. The van der Waals surface area contributed by atoms with Gasteiger partial charge in [0, 0.05) is 12.1 Å². The van der Waals surface area contributed by atoms with E-state index in [9.17, 15) is 9.90 Å². The number of rotatable bonds is 8. The predicted molar refractivity (Wildman–Crippen MR) is 90.5 cm³/mol. The first-order valence-electron chi connectivity index (χ1n) is 7.92. The van der Waals surface area contributed by atoms with Gasteiger partial charge in [0.1, 0.15) is 12.4 Å². The lowest BCUT2D eigenvalue weighted by Crippen LogP contribution is -2.26. The quantitative estimate of drug-likeness (QED) is 0.787. The first kappa shape index (κ1) is 17.0. The van der Waals surface area contributed by atoms with Gasteiger partial charge >= 0.3 is 0 Å². The van der Waals surface area contributed by atoms with Crippen molar-refractivity contribution in [2.75, 3.05) is 6.54 Å². The van der Waals surface area contributed by atoms with Crippen molar-refractivity contribution >= 4 is 5.91 Å². The molecule has 2 rings (SSSR count). The lowest BCUT2D eigenvalue weighted by molar-refractivity contribution is 0.0942.